The van der Waals surface area contributed by atoms with Gasteiger partial charge in [0.1, 0.15) is 11.9 Å². The van der Waals surface area contributed by atoms with Crippen molar-refractivity contribution in [1.82, 2.24) is 10.2 Å². The van der Waals surface area contributed by atoms with Gasteiger partial charge in [-0.15, -0.1) is 0 Å². The van der Waals surface area contributed by atoms with Crippen LogP contribution in [0.25, 0.3) is 0 Å². The van der Waals surface area contributed by atoms with Gasteiger partial charge < -0.3 is 10.2 Å². The SMILES string of the molecule is CC[C@@H](C(=O)NC1CCCCC1)N(Cc1ccccc1Cl)C(=O)Cc1ccc(F)cc1. The van der Waals surface area contributed by atoms with Crippen molar-refractivity contribution in [3.63, 3.8) is 0 Å². The number of amides is 2. The van der Waals surface area contributed by atoms with Crippen molar-refractivity contribution in [2.24, 2.45) is 0 Å². The van der Waals surface area contributed by atoms with Gasteiger partial charge in [-0.1, -0.05) is 68.1 Å². The van der Waals surface area contributed by atoms with E-state index in [9.17, 15) is 14.0 Å². The number of hydrogen-bond acceptors (Lipinski definition) is 2. The van der Waals surface area contributed by atoms with Crippen molar-refractivity contribution < 1.29 is 14.0 Å². The zero-order chi connectivity index (χ0) is 22.2. The number of hydrogen-bond donors (Lipinski definition) is 1. The third-order valence-corrected chi connectivity index (χ3v) is 6.27. The normalized spacial score (nSPS) is 15.3. The van der Waals surface area contributed by atoms with Crippen molar-refractivity contribution >= 4 is 23.4 Å². The molecule has 1 fully saturated rings. The van der Waals surface area contributed by atoms with Gasteiger partial charge in [-0.25, -0.2) is 4.39 Å². The molecule has 0 radical (unpaired) electrons. The first kappa shape index (κ1) is 23.3. The molecule has 2 amide bonds. The summed E-state index contributed by atoms with van der Waals surface area (Å²) in [5.74, 6) is -0.645. The van der Waals surface area contributed by atoms with E-state index in [2.05, 4.69) is 5.32 Å². The van der Waals surface area contributed by atoms with Crippen LogP contribution in [-0.4, -0.2) is 28.8 Å². The molecular weight excluding hydrogens is 415 g/mol. The van der Waals surface area contributed by atoms with Crippen molar-refractivity contribution in [2.45, 2.75) is 70.5 Å². The maximum Gasteiger partial charge on any atom is 0.243 e. The van der Waals surface area contributed by atoms with Gasteiger partial charge >= 0.3 is 0 Å². The van der Waals surface area contributed by atoms with Gasteiger partial charge in [0.15, 0.2) is 0 Å². The number of benzene rings is 2. The molecule has 0 saturated heterocycles. The number of halogens is 2. The Morgan fingerprint density at radius 2 is 1.77 bits per heavy atom. The highest BCUT2D eigenvalue weighted by Crippen LogP contribution is 2.22. The second-order valence-electron chi connectivity index (χ2n) is 8.18. The highest BCUT2D eigenvalue weighted by molar-refractivity contribution is 6.31. The first-order valence-electron chi connectivity index (χ1n) is 11.1. The van der Waals surface area contributed by atoms with E-state index in [4.69, 9.17) is 11.6 Å². The summed E-state index contributed by atoms with van der Waals surface area (Å²) in [6.07, 6.45) is 6.00. The molecule has 2 aromatic carbocycles. The molecule has 1 atom stereocenters. The Morgan fingerprint density at radius 1 is 1.10 bits per heavy atom. The average molecular weight is 445 g/mol. The minimum atomic E-state index is -0.592. The van der Waals surface area contributed by atoms with Crippen LogP contribution < -0.4 is 5.32 Å². The summed E-state index contributed by atoms with van der Waals surface area (Å²) in [4.78, 5) is 28.1. The van der Waals surface area contributed by atoms with Crippen molar-refractivity contribution in [1.29, 1.82) is 0 Å². The summed E-state index contributed by atoms with van der Waals surface area (Å²) in [5, 5.41) is 3.72. The Hall–Kier alpha value is -2.40. The van der Waals surface area contributed by atoms with E-state index in [0.29, 0.717) is 17.0 Å². The Morgan fingerprint density at radius 3 is 2.42 bits per heavy atom. The van der Waals surface area contributed by atoms with Gasteiger partial charge in [0.25, 0.3) is 0 Å². The molecule has 1 aliphatic carbocycles. The lowest BCUT2D eigenvalue weighted by atomic mass is 9.95. The van der Waals surface area contributed by atoms with Crippen molar-refractivity contribution in [3.05, 3.63) is 70.5 Å². The lowest BCUT2D eigenvalue weighted by Gasteiger charge is -2.33. The first-order chi connectivity index (χ1) is 15.0. The predicted molar refractivity (Wildman–Crippen MR) is 121 cm³/mol. The van der Waals surface area contributed by atoms with Gasteiger partial charge in [-0.05, 0) is 48.6 Å². The summed E-state index contributed by atoms with van der Waals surface area (Å²) in [6, 6.07) is 12.8. The van der Waals surface area contributed by atoms with Crippen LogP contribution in [-0.2, 0) is 22.6 Å². The second-order valence-corrected chi connectivity index (χ2v) is 8.59. The van der Waals surface area contributed by atoms with Gasteiger partial charge in [-0.2, -0.15) is 0 Å². The van der Waals surface area contributed by atoms with E-state index in [-0.39, 0.29) is 36.6 Å². The maximum absolute atomic E-state index is 13.3. The molecule has 1 N–H and O–H groups in total. The van der Waals surface area contributed by atoms with E-state index in [0.717, 1.165) is 31.2 Å². The molecule has 166 valence electrons. The van der Waals surface area contributed by atoms with Crippen LogP contribution in [0.2, 0.25) is 5.02 Å². The topological polar surface area (TPSA) is 49.4 Å². The molecule has 0 bridgehead atoms. The third kappa shape index (κ3) is 6.54. The molecule has 31 heavy (non-hydrogen) atoms. The van der Waals surface area contributed by atoms with Crippen LogP contribution in [0.5, 0.6) is 0 Å². The molecule has 2 aromatic rings. The fourth-order valence-electron chi connectivity index (χ4n) is 4.15. The second kappa shape index (κ2) is 11.3. The van der Waals surface area contributed by atoms with E-state index in [1.54, 1.807) is 23.1 Å². The monoisotopic (exact) mass is 444 g/mol. The number of carbonyl (C=O) groups excluding carboxylic acids is 2. The Labute approximate surface area is 188 Å². The molecule has 0 aliphatic heterocycles. The lowest BCUT2D eigenvalue weighted by Crippen LogP contribution is -2.52. The fraction of sp³-hybridized carbons (Fsp3) is 0.440. The zero-order valence-corrected chi connectivity index (χ0v) is 18.7. The molecule has 4 nitrogen and oxygen atoms in total. The largest absolute Gasteiger partial charge is 0.352 e. The highest BCUT2D eigenvalue weighted by Gasteiger charge is 2.30. The smallest absolute Gasteiger partial charge is 0.243 e. The van der Waals surface area contributed by atoms with E-state index < -0.39 is 6.04 Å². The summed E-state index contributed by atoms with van der Waals surface area (Å²) < 4.78 is 13.3. The number of nitrogens with one attached hydrogen (secondary N) is 1. The van der Waals surface area contributed by atoms with E-state index in [1.807, 2.05) is 25.1 Å². The molecular formula is C25H30ClFN2O2. The number of carbonyl (C=O) groups is 2. The highest BCUT2D eigenvalue weighted by atomic mass is 35.5. The zero-order valence-electron chi connectivity index (χ0n) is 17.9. The van der Waals surface area contributed by atoms with Gasteiger partial charge in [0.05, 0.1) is 6.42 Å². The summed E-state index contributed by atoms with van der Waals surface area (Å²) >= 11 is 6.35. The maximum atomic E-state index is 13.3. The quantitative estimate of drug-likeness (QED) is 0.602. The van der Waals surface area contributed by atoms with Crippen molar-refractivity contribution in [2.75, 3.05) is 0 Å². The Kier molecular flexibility index (Phi) is 8.47. The van der Waals surface area contributed by atoms with Gasteiger partial charge in [0, 0.05) is 17.6 Å². The van der Waals surface area contributed by atoms with Gasteiger partial charge in [-0.3, -0.25) is 9.59 Å². The molecule has 0 unspecified atom stereocenters. The molecule has 0 heterocycles. The van der Waals surface area contributed by atoms with E-state index >= 15 is 0 Å². The molecule has 3 rings (SSSR count). The standard InChI is InChI=1S/C25H30ClFN2O2/c1-2-23(25(31)28-21-9-4-3-5-10-21)29(17-19-8-6-7-11-22(19)26)24(30)16-18-12-14-20(27)15-13-18/h6-8,11-15,21,23H,2-5,9-10,16-17H2,1H3,(H,28,31)/t23-/m0/s1. The van der Waals surface area contributed by atoms with Crippen LogP contribution >= 0.6 is 11.6 Å². The minimum absolute atomic E-state index is 0.0952. The molecule has 6 heteroatoms. The number of rotatable bonds is 8. The van der Waals surface area contributed by atoms with E-state index in [1.165, 1.54) is 18.6 Å². The molecule has 0 aromatic heterocycles. The summed E-state index contributed by atoms with van der Waals surface area (Å²) in [7, 11) is 0. The number of nitrogens with zero attached hydrogens (tertiary/aromatic N) is 1. The summed E-state index contributed by atoms with van der Waals surface area (Å²) in [6.45, 7) is 2.16. The molecule has 0 spiro atoms. The van der Waals surface area contributed by atoms with Crippen LogP contribution in [0.1, 0.15) is 56.6 Å². The minimum Gasteiger partial charge on any atom is -0.352 e. The van der Waals surface area contributed by atoms with Crippen molar-refractivity contribution in [3.8, 4) is 0 Å². The fourth-order valence-corrected chi connectivity index (χ4v) is 4.35. The summed E-state index contributed by atoms with van der Waals surface area (Å²) in [5.41, 5.74) is 1.50. The third-order valence-electron chi connectivity index (χ3n) is 5.90. The average Bonchev–Trinajstić information content (AvgIpc) is 2.77. The molecule has 1 saturated carbocycles. The Bertz CT molecular complexity index is 881. The van der Waals surface area contributed by atoms with Crippen LogP contribution in [0.3, 0.4) is 0 Å². The predicted octanol–water partition coefficient (Wildman–Crippen LogP) is 5.28. The van der Waals surface area contributed by atoms with Crippen LogP contribution in [0.4, 0.5) is 4.39 Å². The van der Waals surface area contributed by atoms with Gasteiger partial charge in [0.2, 0.25) is 11.8 Å². The first-order valence-corrected chi connectivity index (χ1v) is 11.4. The van der Waals surface area contributed by atoms with Crippen LogP contribution in [0, 0.1) is 5.82 Å². The molecule has 1 aliphatic rings. The lowest BCUT2D eigenvalue weighted by molar-refractivity contribution is -0.141. The van der Waals surface area contributed by atoms with Crippen LogP contribution in [0.15, 0.2) is 48.5 Å². The Balaban J connectivity index is 1.81.